The minimum absolute atomic E-state index is 0.246. The fourth-order valence-corrected chi connectivity index (χ4v) is 4.54. The van der Waals surface area contributed by atoms with Gasteiger partial charge in [-0.05, 0) is 43.8 Å². The normalized spacial score (nSPS) is 13.4. The van der Waals surface area contributed by atoms with E-state index in [4.69, 9.17) is 0 Å². The van der Waals surface area contributed by atoms with Gasteiger partial charge in [0.2, 0.25) is 0 Å². The van der Waals surface area contributed by atoms with Gasteiger partial charge >= 0.3 is 0 Å². The fourth-order valence-electron chi connectivity index (χ4n) is 3.59. The first-order chi connectivity index (χ1) is 14.0. The van der Waals surface area contributed by atoms with E-state index in [0.29, 0.717) is 29.6 Å². The van der Waals surface area contributed by atoms with Crippen molar-refractivity contribution in [2.75, 3.05) is 27.2 Å². The average Bonchev–Trinajstić information content (AvgIpc) is 3.14. The number of hydrogen-bond donors (Lipinski definition) is 0. The number of amides is 2. The SMILES string of the molecule is C=Cc1nc(-c2ccc3c4c(cccc24)C(=O)N(CCN(C)C)C3=O)sc1C=C. The van der Waals surface area contributed by atoms with Crippen LogP contribution in [0.1, 0.15) is 31.3 Å². The number of aromatic nitrogens is 1. The predicted molar refractivity (Wildman–Crippen MR) is 119 cm³/mol. The number of benzene rings is 2. The summed E-state index contributed by atoms with van der Waals surface area (Å²) in [5.74, 6) is -0.491. The van der Waals surface area contributed by atoms with Gasteiger partial charge in [0.05, 0.1) is 10.6 Å². The van der Waals surface area contributed by atoms with E-state index in [-0.39, 0.29) is 11.8 Å². The molecule has 2 heterocycles. The molecule has 0 fully saturated rings. The van der Waals surface area contributed by atoms with E-state index in [1.165, 1.54) is 16.2 Å². The van der Waals surface area contributed by atoms with Gasteiger partial charge in [-0.1, -0.05) is 31.4 Å². The molecule has 6 heteroatoms. The van der Waals surface area contributed by atoms with E-state index in [1.807, 2.05) is 37.2 Å². The molecule has 0 radical (unpaired) electrons. The summed E-state index contributed by atoms with van der Waals surface area (Å²) in [6.45, 7) is 8.64. The van der Waals surface area contributed by atoms with Crippen LogP contribution in [0.15, 0.2) is 43.5 Å². The molecular formula is C23H21N3O2S. The minimum Gasteiger partial charge on any atom is -0.308 e. The lowest BCUT2D eigenvalue weighted by Gasteiger charge is -2.28. The molecule has 1 aromatic heterocycles. The number of likely N-dealkylation sites (N-methyl/N-ethyl adjacent to an activating group) is 1. The third kappa shape index (κ3) is 3.10. The van der Waals surface area contributed by atoms with Crippen molar-refractivity contribution in [1.82, 2.24) is 14.8 Å². The molecule has 146 valence electrons. The van der Waals surface area contributed by atoms with Crippen molar-refractivity contribution in [1.29, 1.82) is 0 Å². The van der Waals surface area contributed by atoms with Crippen LogP contribution < -0.4 is 0 Å². The average molecular weight is 404 g/mol. The van der Waals surface area contributed by atoms with E-state index >= 15 is 0 Å². The van der Waals surface area contributed by atoms with Crippen LogP contribution in [0.3, 0.4) is 0 Å². The highest BCUT2D eigenvalue weighted by atomic mass is 32.1. The maximum atomic E-state index is 13.1. The molecule has 29 heavy (non-hydrogen) atoms. The minimum atomic E-state index is -0.246. The van der Waals surface area contributed by atoms with Crippen LogP contribution in [-0.4, -0.2) is 53.8 Å². The monoisotopic (exact) mass is 403 g/mol. The van der Waals surface area contributed by atoms with E-state index in [0.717, 1.165) is 26.5 Å². The van der Waals surface area contributed by atoms with Crippen LogP contribution in [0.4, 0.5) is 0 Å². The van der Waals surface area contributed by atoms with Crippen molar-refractivity contribution in [3.8, 4) is 10.6 Å². The van der Waals surface area contributed by atoms with Gasteiger partial charge in [0.15, 0.2) is 0 Å². The Labute approximate surface area is 173 Å². The number of hydrogen-bond acceptors (Lipinski definition) is 5. The van der Waals surface area contributed by atoms with E-state index < -0.39 is 0 Å². The zero-order chi connectivity index (χ0) is 20.7. The van der Waals surface area contributed by atoms with Crippen LogP contribution in [0.5, 0.6) is 0 Å². The van der Waals surface area contributed by atoms with Crippen LogP contribution >= 0.6 is 11.3 Å². The van der Waals surface area contributed by atoms with Crippen molar-refractivity contribution in [3.63, 3.8) is 0 Å². The molecule has 0 atom stereocenters. The first-order valence-corrected chi connectivity index (χ1v) is 10.1. The van der Waals surface area contributed by atoms with Crippen molar-refractivity contribution < 1.29 is 9.59 Å². The van der Waals surface area contributed by atoms with Gasteiger partial charge in [0.25, 0.3) is 11.8 Å². The summed E-state index contributed by atoms with van der Waals surface area (Å²) in [5.41, 5.74) is 2.79. The van der Waals surface area contributed by atoms with Crippen molar-refractivity contribution in [2.45, 2.75) is 0 Å². The molecule has 0 bridgehead atoms. The van der Waals surface area contributed by atoms with Crippen LogP contribution in [0.2, 0.25) is 0 Å². The van der Waals surface area contributed by atoms with Gasteiger partial charge in [0, 0.05) is 35.2 Å². The second-order valence-electron chi connectivity index (χ2n) is 7.13. The summed E-state index contributed by atoms with van der Waals surface area (Å²) in [5, 5.41) is 2.37. The maximum Gasteiger partial charge on any atom is 0.261 e. The number of carbonyl (C=O) groups excluding carboxylic acids is 2. The number of thiazole rings is 1. The van der Waals surface area contributed by atoms with Crippen molar-refractivity contribution in [3.05, 3.63) is 65.2 Å². The fraction of sp³-hybridized carbons (Fsp3) is 0.174. The van der Waals surface area contributed by atoms with Gasteiger partial charge in [-0.25, -0.2) is 4.98 Å². The lowest BCUT2D eigenvalue weighted by molar-refractivity contribution is 0.0601. The Hall–Kier alpha value is -3.09. The largest absolute Gasteiger partial charge is 0.308 e. The van der Waals surface area contributed by atoms with Gasteiger partial charge < -0.3 is 4.90 Å². The highest BCUT2D eigenvalue weighted by molar-refractivity contribution is 7.16. The molecule has 2 amide bonds. The number of carbonyl (C=O) groups is 2. The lowest BCUT2D eigenvalue weighted by Crippen LogP contribution is -2.43. The number of imide groups is 1. The molecule has 0 unspecified atom stereocenters. The van der Waals surface area contributed by atoms with E-state index in [1.54, 1.807) is 24.3 Å². The standard InChI is InChI=1S/C23H21N3O2S/c1-5-18-19(6-2)29-21(24-18)15-10-11-17-20-14(15)8-7-9-16(20)22(27)26(23(17)28)13-12-25(3)4/h5-11H,1-2,12-13H2,3-4H3. The number of nitrogens with zero attached hydrogens (tertiary/aromatic N) is 3. The first-order valence-electron chi connectivity index (χ1n) is 9.29. The molecule has 4 rings (SSSR count). The predicted octanol–water partition coefficient (Wildman–Crippen LogP) is 4.41. The van der Waals surface area contributed by atoms with Crippen LogP contribution in [0.25, 0.3) is 33.5 Å². The second-order valence-corrected chi connectivity index (χ2v) is 8.16. The number of rotatable bonds is 6. The second kappa shape index (κ2) is 7.39. The Morgan fingerprint density at radius 1 is 1.03 bits per heavy atom. The Morgan fingerprint density at radius 2 is 1.72 bits per heavy atom. The van der Waals surface area contributed by atoms with Gasteiger partial charge in [-0.2, -0.15) is 0 Å². The molecule has 3 aromatic rings. The molecule has 0 aliphatic carbocycles. The summed E-state index contributed by atoms with van der Waals surface area (Å²) in [7, 11) is 3.84. The third-order valence-corrected chi connectivity index (χ3v) is 6.15. The molecule has 0 spiro atoms. The highest BCUT2D eigenvalue weighted by Crippen LogP contribution is 2.38. The van der Waals surface area contributed by atoms with Crippen LogP contribution in [-0.2, 0) is 0 Å². The quantitative estimate of drug-likeness (QED) is 0.572. The Morgan fingerprint density at radius 3 is 2.34 bits per heavy atom. The summed E-state index contributed by atoms with van der Waals surface area (Å²) >= 11 is 1.52. The zero-order valence-electron chi connectivity index (χ0n) is 16.4. The van der Waals surface area contributed by atoms with Crippen LogP contribution in [0, 0.1) is 0 Å². The molecule has 0 saturated carbocycles. The summed E-state index contributed by atoms with van der Waals surface area (Å²) in [4.78, 5) is 35.0. The van der Waals surface area contributed by atoms with Crippen molar-refractivity contribution in [2.24, 2.45) is 0 Å². The molecular weight excluding hydrogens is 382 g/mol. The summed E-state index contributed by atoms with van der Waals surface area (Å²) < 4.78 is 0. The molecule has 0 N–H and O–H groups in total. The topological polar surface area (TPSA) is 53.5 Å². The summed E-state index contributed by atoms with van der Waals surface area (Å²) in [6, 6.07) is 9.31. The third-order valence-electron chi connectivity index (χ3n) is 5.05. The highest BCUT2D eigenvalue weighted by Gasteiger charge is 2.33. The molecule has 1 aliphatic heterocycles. The van der Waals surface area contributed by atoms with Gasteiger partial charge in [-0.15, -0.1) is 11.3 Å². The van der Waals surface area contributed by atoms with E-state index in [2.05, 4.69) is 18.1 Å². The summed E-state index contributed by atoms with van der Waals surface area (Å²) in [6.07, 6.45) is 3.47. The molecule has 0 saturated heterocycles. The van der Waals surface area contributed by atoms with Crippen molar-refractivity contribution >= 4 is 46.1 Å². The molecule has 2 aromatic carbocycles. The Kier molecular flexibility index (Phi) is 4.90. The first kappa shape index (κ1) is 19.2. The Balaban J connectivity index is 1.89. The lowest BCUT2D eigenvalue weighted by atomic mass is 9.91. The van der Waals surface area contributed by atoms with Gasteiger partial charge in [0.1, 0.15) is 5.01 Å². The van der Waals surface area contributed by atoms with Gasteiger partial charge in [-0.3, -0.25) is 14.5 Å². The molecule has 1 aliphatic rings. The maximum absolute atomic E-state index is 13.1. The smallest absolute Gasteiger partial charge is 0.261 e. The van der Waals surface area contributed by atoms with E-state index in [9.17, 15) is 9.59 Å². The Bertz CT molecular complexity index is 1130. The zero-order valence-corrected chi connectivity index (χ0v) is 17.3. The molecule has 5 nitrogen and oxygen atoms in total.